The number of thiophene rings is 5. The van der Waals surface area contributed by atoms with Crippen molar-refractivity contribution in [2.24, 2.45) is 35.2 Å². The van der Waals surface area contributed by atoms with E-state index in [0.29, 0.717) is 22.1 Å². The van der Waals surface area contributed by atoms with Crippen LogP contribution in [0.3, 0.4) is 0 Å². The normalized spacial score (nSPS) is 12.9. The molecule has 0 aliphatic rings. The fourth-order valence-electron chi connectivity index (χ4n) is 19.1. The quantitative estimate of drug-likeness (QED) is 0.161. The van der Waals surface area contributed by atoms with Crippen LogP contribution in [-0.2, 0) is 35.2 Å². The monoisotopic (exact) mass is 1850 g/mol. The van der Waals surface area contributed by atoms with E-state index in [2.05, 4.69) is 292 Å². The first-order valence-electron chi connectivity index (χ1n) is 49.0. The first-order valence-corrected chi connectivity index (χ1v) is 47.1. The molecule has 0 radical (unpaired) electrons. The van der Waals surface area contributed by atoms with Crippen LogP contribution >= 0.6 is 56.7 Å². The molecule has 0 N–H and O–H groups in total. The maximum atomic E-state index is 8.23. The van der Waals surface area contributed by atoms with Crippen molar-refractivity contribution in [3.63, 3.8) is 0 Å². The van der Waals surface area contributed by atoms with Crippen LogP contribution < -0.4 is 22.8 Å². The van der Waals surface area contributed by atoms with Crippen molar-refractivity contribution in [1.82, 2.24) is 9.97 Å². The van der Waals surface area contributed by atoms with Crippen molar-refractivity contribution in [2.75, 3.05) is 0 Å². The SMILES string of the molecule is C.C.C.C.C.Cc1ccccc1-c1c2c(cc[n+]1C)sc1cc3ccccc3cc12.Cc1ccccc1-c1c2c(cc[n+]1C)sc1ccc3ccccc3c12.Cc1ccccc1-c1c2c(cc[n+]1C)sc1nc3ccccc3cc12.[2H]C([2H])([2H])c1ccc(-c2c3c(sc4ccc5ccccc5c43)c(C([2H])([2H])[2H])c[n+]2C)c(C)c1.[2H]C([2H])([2H])c1ccc(-c2c3sc4ccc5ncccc5c4c3c(C([2H])([2H])[2H])c[n+]2C)c(C)c1. The molecule has 134 heavy (non-hydrogen) atoms. The van der Waals surface area contributed by atoms with Gasteiger partial charge in [0.05, 0.1) is 42.8 Å². The molecule has 25 rings (SSSR count). The number of pyridine rings is 7. The largest absolute Gasteiger partial charge is 0.256 e. The van der Waals surface area contributed by atoms with Crippen LogP contribution in [0.15, 0.2) is 328 Å². The van der Waals surface area contributed by atoms with Crippen molar-refractivity contribution in [1.29, 1.82) is 0 Å². The molecule has 0 aliphatic heterocycles. The fraction of sp³-hybridized carbons (Fsp3) is 0.156. The minimum Gasteiger partial charge on any atom is -0.256 e. The molecule has 664 valence electrons. The van der Waals surface area contributed by atoms with Crippen molar-refractivity contribution < 1.29 is 39.3 Å². The highest BCUT2D eigenvalue weighted by atomic mass is 32.1. The molecule has 0 saturated carbocycles. The highest BCUT2D eigenvalue weighted by Gasteiger charge is 2.30. The van der Waals surface area contributed by atoms with Gasteiger partial charge in [-0.05, 0) is 207 Å². The lowest BCUT2D eigenvalue weighted by Gasteiger charge is -2.09. The number of hydrogen-bond donors (Lipinski definition) is 0. The smallest absolute Gasteiger partial charge is 0.230 e. The highest BCUT2D eigenvalue weighted by Crippen LogP contribution is 2.49. The van der Waals surface area contributed by atoms with E-state index in [0.717, 1.165) is 101 Å². The standard InChI is InChI=1S/C25H22NS.C24H21N2S.2C23H18NS.C22H17N2S.5CH4/c1-15-9-11-19(16(2)13-15)24-23-22-20-8-6-5-7-18(20)10-12-21(22)27-25(23)17(3)14-26(24)4;1-14-7-8-17(15(2)12-14)23-24-21(16(3)13-26(23)4)22-18-6-5-11-25-19(18)9-10-20(22)27-24;1-15-7-3-6-10-18(15)23-22-19-13-16-8-4-5-9-17(16)14-21(19)25-20(22)11-12-24(23)2;1-15-7-3-5-9-17(15)23-22-20(13-14-24(23)2)25-19-12-11-16-8-4-6-10-18(16)21(19)22;1-14-7-3-5-9-16(14)21-20-17-13-15-8-4-6-10-18(15)23-22(17)25-19(20)11-12-24(21)2;;;;;/h5-14H,1-4H3;5-13H,1-4H3;2*3-14H,1-2H3;3-13H,1-2H3;5*1H4/q5*+1;;;;;/i2*1D3,3D3;;;;;;;;. The first-order chi connectivity index (χ1) is 67.6. The third-order valence-corrected chi connectivity index (χ3v) is 30.9. The molecule has 13 aromatic carbocycles. The molecule has 12 aromatic heterocycles. The van der Waals surface area contributed by atoms with Gasteiger partial charge < -0.3 is 0 Å². The van der Waals surface area contributed by atoms with Crippen LogP contribution in [0.4, 0.5) is 0 Å². The Morgan fingerprint density at radius 3 is 1.22 bits per heavy atom. The van der Waals surface area contributed by atoms with Crippen molar-refractivity contribution in [3.05, 3.63) is 378 Å². The van der Waals surface area contributed by atoms with Crippen LogP contribution in [0.25, 0.3) is 211 Å². The topological polar surface area (TPSA) is 45.2 Å². The number of aryl methyl sites for hydroxylation is 14. The van der Waals surface area contributed by atoms with Gasteiger partial charge >= 0.3 is 0 Å². The van der Waals surface area contributed by atoms with E-state index in [1.165, 1.54) is 145 Å². The summed E-state index contributed by atoms with van der Waals surface area (Å²) in [5.41, 5.74) is 19.9. The van der Waals surface area contributed by atoms with Gasteiger partial charge in [-0.1, -0.05) is 236 Å². The third-order valence-electron chi connectivity index (χ3n) is 25.2. The van der Waals surface area contributed by atoms with Gasteiger partial charge in [0.15, 0.2) is 31.0 Å². The molecule has 12 heterocycles. The van der Waals surface area contributed by atoms with Gasteiger partial charge in [0.25, 0.3) is 0 Å². The number of para-hydroxylation sites is 1. The Hall–Kier alpha value is -13.7. The Bertz CT molecular complexity index is 9210. The minimum atomic E-state index is -2.30. The predicted octanol–water partition coefficient (Wildman–Crippen LogP) is 33.2. The molecular weight excluding hydrogens is 1720 g/mol. The molecule has 0 amide bonds. The second-order valence-electron chi connectivity index (χ2n) is 33.5. The van der Waals surface area contributed by atoms with E-state index in [9.17, 15) is 0 Å². The summed E-state index contributed by atoms with van der Waals surface area (Å²) in [5.74, 6) is 0. The fourth-order valence-corrected chi connectivity index (χ4v) is 24.9. The van der Waals surface area contributed by atoms with Crippen molar-refractivity contribution in [2.45, 2.75) is 99.2 Å². The lowest BCUT2D eigenvalue weighted by Crippen LogP contribution is -2.31. The van der Waals surface area contributed by atoms with Gasteiger partial charge in [-0.15, -0.1) is 56.7 Å². The number of rotatable bonds is 5. The van der Waals surface area contributed by atoms with E-state index in [1.807, 2.05) is 114 Å². The van der Waals surface area contributed by atoms with Gasteiger partial charge in [-0.2, -0.15) is 4.57 Å². The molecule has 0 aliphatic carbocycles. The zero-order valence-corrected chi connectivity index (χ0v) is 76.9. The second-order valence-corrected chi connectivity index (χ2v) is 38.8. The van der Waals surface area contributed by atoms with Gasteiger partial charge in [-0.25, -0.2) is 23.3 Å². The predicted molar refractivity (Wildman–Crippen MR) is 589 cm³/mol. The van der Waals surface area contributed by atoms with Crippen LogP contribution in [0.2, 0.25) is 0 Å². The number of fused-ring (bicyclic) bond motifs is 23. The second kappa shape index (κ2) is 38.1. The molecule has 0 spiro atoms. The van der Waals surface area contributed by atoms with E-state index >= 15 is 0 Å². The number of benzene rings is 13. The lowest BCUT2D eigenvalue weighted by atomic mass is 9.96. The zero-order chi connectivity index (χ0) is 98.3. The maximum absolute atomic E-state index is 8.23. The van der Waals surface area contributed by atoms with Gasteiger partial charge in [0.2, 0.25) is 28.5 Å². The Labute approximate surface area is 824 Å². The number of aromatic nitrogens is 7. The highest BCUT2D eigenvalue weighted by molar-refractivity contribution is 7.28. The molecule has 0 unspecified atom stereocenters. The van der Waals surface area contributed by atoms with Crippen LogP contribution in [0.5, 0.6) is 0 Å². The molecule has 25 aromatic rings. The molecule has 7 nitrogen and oxygen atoms in total. The summed E-state index contributed by atoms with van der Waals surface area (Å²) in [6.45, 7) is 1.43. The van der Waals surface area contributed by atoms with Gasteiger partial charge in [0.1, 0.15) is 44.8 Å². The average Bonchev–Trinajstić information content (AvgIpc) is 1.60. The third kappa shape index (κ3) is 16.5. The summed E-state index contributed by atoms with van der Waals surface area (Å²) in [6, 6.07) is 100. The van der Waals surface area contributed by atoms with Gasteiger partial charge in [-0.3, -0.25) is 4.98 Å². The van der Waals surface area contributed by atoms with E-state index < -0.39 is 27.4 Å². The Morgan fingerprint density at radius 1 is 0.246 bits per heavy atom. The van der Waals surface area contributed by atoms with Crippen LogP contribution in [0.1, 0.15) is 104 Å². The summed E-state index contributed by atoms with van der Waals surface area (Å²) in [4.78, 5) is 10.5. The molecule has 0 bridgehead atoms. The summed E-state index contributed by atoms with van der Waals surface area (Å²) >= 11 is 8.60. The van der Waals surface area contributed by atoms with Crippen molar-refractivity contribution in [3.8, 4) is 56.3 Å². The lowest BCUT2D eigenvalue weighted by molar-refractivity contribution is -0.659. The summed E-state index contributed by atoms with van der Waals surface area (Å²) < 4.78 is 116. The summed E-state index contributed by atoms with van der Waals surface area (Å²) in [6.07, 6.45) is 11.6. The molecule has 12 heteroatoms. The summed E-state index contributed by atoms with van der Waals surface area (Å²) in [5, 5.41) is 21.1. The summed E-state index contributed by atoms with van der Waals surface area (Å²) in [7, 11) is 10.1. The van der Waals surface area contributed by atoms with Gasteiger partial charge in [0, 0.05) is 150 Å². The average molecular weight is 1850 g/mol. The zero-order valence-electron chi connectivity index (χ0n) is 84.8. The Morgan fingerprint density at radius 2 is 0.657 bits per heavy atom. The molecule has 0 atom stereocenters. The molecule has 0 saturated heterocycles. The first kappa shape index (κ1) is 78.9. The Balaban J connectivity index is 0.000000130. The maximum Gasteiger partial charge on any atom is 0.230 e. The van der Waals surface area contributed by atoms with E-state index in [1.54, 1.807) is 65.5 Å². The van der Waals surface area contributed by atoms with Crippen molar-refractivity contribution >= 4 is 212 Å². The minimum absolute atomic E-state index is 0. The van der Waals surface area contributed by atoms with E-state index in [4.69, 9.17) is 21.4 Å². The number of nitrogens with zero attached hydrogens (tertiary/aromatic N) is 7. The van der Waals surface area contributed by atoms with E-state index in [-0.39, 0.29) is 42.7 Å². The molecular formula is C122H116N7S5+5. The molecule has 0 fully saturated rings. The van der Waals surface area contributed by atoms with Crippen LogP contribution in [-0.4, -0.2) is 9.97 Å². The van der Waals surface area contributed by atoms with Crippen LogP contribution in [0, 0.1) is 62.0 Å². The Kier molecular flexibility index (Phi) is 22.5. The number of hydrogen-bond acceptors (Lipinski definition) is 7.